The van der Waals surface area contributed by atoms with Crippen molar-refractivity contribution in [2.24, 2.45) is 0 Å². The number of anilines is 1. The Hall–Kier alpha value is -1.85. The molecule has 116 valence electrons. The van der Waals surface area contributed by atoms with Crippen LogP contribution in [0, 0.1) is 13.8 Å². The first-order valence-electron chi connectivity index (χ1n) is 7.30. The highest BCUT2D eigenvalue weighted by molar-refractivity contribution is 5.68. The van der Waals surface area contributed by atoms with Crippen LogP contribution in [0.4, 0.5) is 10.7 Å². The van der Waals surface area contributed by atoms with Crippen LogP contribution >= 0.6 is 0 Å². The van der Waals surface area contributed by atoms with E-state index in [2.05, 4.69) is 20.2 Å². The van der Waals surface area contributed by atoms with Crippen LogP contribution in [0.15, 0.2) is 6.07 Å². The van der Waals surface area contributed by atoms with Crippen molar-refractivity contribution >= 4 is 12.0 Å². The van der Waals surface area contributed by atoms with E-state index in [0.717, 1.165) is 30.3 Å². The summed E-state index contributed by atoms with van der Waals surface area (Å²) in [6.45, 7) is 11.0. The standard InChI is InChI=1S/C15H24N4O2/c1-10-8-11(2)17-13(16-10)19-7-6-12(9-19)18-14(20)21-15(3,4)5/h8,12H,6-7,9H2,1-5H3,(H,18,20)/t12-/m0/s1. The molecule has 0 spiro atoms. The fourth-order valence-electron chi connectivity index (χ4n) is 2.38. The first kappa shape index (κ1) is 15.5. The Balaban J connectivity index is 1.93. The monoisotopic (exact) mass is 292 g/mol. The highest BCUT2D eigenvalue weighted by Gasteiger charge is 2.27. The highest BCUT2D eigenvalue weighted by Crippen LogP contribution is 2.17. The molecule has 0 radical (unpaired) electrons. The zero-order valence-electron chi connectivity index (χ0n) is 13.4. The fraction of sp³-hybridized carbons (Fsp3) is 0.667. The summed E-state index contributed by atoms with van der Waals surface area (Å²) in [6, 6.07) is 2.03. The van der Waals surface area contributed by atoms with Gasteiger partial charge in [-0.15, -0.1) is 0 Å². The van der Waals surface area contributed by atoms with Crippen LogP contribution in [0.2, 0.25) is 0 Å². The molecule has 1 fully saturated rings. The SMILES string of the molecule is Cc1cc(C)nc(N2CC[C@H](NC(=O)OC(C)(C)C)C2)n1. The minimum absolute atomic E-state index is 0.0734. The molecule has 0 aliphatic carbocycles. The van der Waals surface area contributed by atoms with E-state index in [1.54, 1.807) is 0 Å². The minimum atomic E-state index is -0.473. The van der Waals surface area contributed by atoms with Gasteiger partial charge in [-0.2, -0.15) is 0 Å². The number of alkyl carbamates (subject to hydrolysis) is 1. The van der Waals surface area contributed by atoms with E-state index in [9.17, 15) is 4.79 Å². The molecule has 1 aromatic rings. The molecule has 2 heterocycles. The van der Waals surface area contributed by atoms with Crippen molar-refractivity contribution < 1.29 is 9.53 Å². The van der Waals surface area contributed by atoms with Crippen LogP contribution in [0.5, 0.6) is 0 Å². The van der Waals surface area contributed by atoms with Gasteiger partial charge < -0.3 is 15.0 Å². The lowest BCUT2D eigenvalue weighted by atomic mass is 10.2. The predicted octanol–water partition coefficient (Wildman–Crippen LogP) is 2.20. The van der Waals surface area contributed by atoms with Crippen molar-refractivity contribution in [3.8, 4) is 0 Å². The number of amides is 1. The number of nitrogens with one attached hydrogen (secondary N) is 1. The molecular weight excluding hydrogens is 268 g/mol. The van der Waals surface area contributed by atoms with Gasteiger partial charge in [0.15, 0.2) is 0 Å². The van der Waals surface area contributed by atoms with Crippen molar-refractivity contribution in [2.75, 3.05) is 18.0 Å². The molecule has 0 unspecified atom stereocenters. The number of carbonyl (C=O) groups excluding carboxylic acids is 1. The Morgan fingerprint density at radius 1 is 1.33 bits per heavy atom. The lowest BCUT2D eigenvalue weighted by Crippen LogP contribution is -2.40. The summed E-state index contributed by atoms with van der Waals surface area (Å²) in [5.41, 5.74) is 1.45. The Bertz CT molecular complexity index is 505. The first-order chi connectivity index (χ1) is 9.73. The highest BCUT2D eigenvalue weighted by atomic mass is 16.6. The molecule has 1 saturated heterocycles. The molecule has 6 heteroatoms. The second-order valence-electron chi connectivity index (χ2n) is 6.53. The maximum Gasteiger partial charge on any atom is 0.407 e. The van der Waals surface area contributed by atoms with E-state index in [-0.39, 0.29) is 12.1 Å². The molecule has 0 aromatic carbocycles. The normalized spacial score (nSPS) is 18.7. The summed E-state index contributed by atoms with van der Waals surface area (Å²) in [7, 11) is 0. The summed E-state index contributed by atoms with van der Waals surface area (Å²) in [4.78, 5) is 22.8. The summed E-state index contributed by atoms with van der Waals surface area (Å²) < 4.78 is 5.28. The van der Waals surface area contributed by atoms with Gasteiger partial charge in [0.05, 0.1) is 6.04 Å². The van der Waals surface area contributed by atoms with Crippen molar-refractivity contribution in [2.45, 2.75) is 52.7 Å². The molecule has 0 saturated carbocycles. The zero-order chi connectivity index (χ0) is 15.6. The van der Waals surface area contributed by atoms with Gasteiger partial charge in [0.1, 0.15) is 5.60 Å². The van der Waals surface area contributed by atoms with Crippen molar-refractivity contribution in [3.63, 3.8) is 0 Å². The van der Waals surface area contributed by atoms with E-state index in [0.29, 0.717) is 6.54 Å². The average Bonchev–Trinajstić information content (AvgIpc) is 2.73. The number of hydrogen-bond acceptors (Lipinski definition) is 5. The molecule has 6 nitrogen and oxygen atoms in total. The molecule has 0 bridgehead atoms. The fourth-order valence-corrected chi connectivity index (χ4v) is 2.38. The predicted molar refractivity (Wildman–Crippen MR) is 81.5 cm³/mol. The second kappa shape index (κ2) is 5.87. The van der Waals surface area contributed by atoms with Crippen LogP contribution in [-0.4, -0.2) is 40.8 Å². The summed E-state index contributed by atoms with van der Waals surface area (Å²) in [6.07, 6.45) is 0.506. The molecule has 21 heavy (non-hydrogen) atoms. The van der Waals surface area contributed by atoms with Crippen LogP contribution in [-0.2, 0) is 4.74 Å². The van der Waals surface area contributed by atoms with Gasteiger partial charge in [-0.05, 0) is 47.1 Å². The molecule has 1 aromatic heterocycles. The van der Waals surface area contributed by atoms with Crippen molar-refractivity contribution in [1.82, 2.24) is 15.3 Å². The number of hydrogen-bond donors (Lipinski definition) is 1. The first-order valence-corrected chi connectivity index (χ1v) is 7.30. The summed E-state index contributed by atoms with van der Waals surface area (Å²) >= 11 is 0. The summed E-state index contributed by atoms with van der Waals surface area (Å²) in [5.74, 6) is 0.737. The third kappa shape index (κ3) is 4.58. The maximum atomic E-state index is 11.8. The van der Waals surface area contributed by atoms with Gasteiger partial charge >= 0.3 is 6.09 Å². The smallest absolute Gasteiger partial charge is 0.407 e. The third-order valence-corrected chi connectivity index (χ3v) is 3.16. The lowest BCUT2D eigenvalue weighted by molar-refractivity contribution is 0.0509. The van der Waals surface area contributed by atoms with Gasteiger partial charge in [0.2, 0.25) is 5.95 Å². The largest absolute Gasteiger partial charge is 0.444 e. The number of nitrogens with zero attached hydrogens (tertiary/aromatic N) is 3. The van der Waals surface area contributed by atoms with E-state index in [4.69, 9.17) is 4.74 Å². The van der Waals surface area contributed by atoms with E-state index in [1.807, 2.05) is 40.7 Å². The number of aryl methyl sites for hydroxylation is 2. The number of rotatable bonds is 2. The lowest BCUT2D eigenvalue weighted by Gasteiger charge is -2.22. The van der Waals surface area contributed by atoms with Gasteiger partial charge in [0, 0.05) is 24.5 Å². The van der Waals surface area contributed by atoms with Crippen molar-refractivity contribution in [3.05, 3.63) is 17.5 Å². The molecular formula is C15H24N4O2. The Morgan fingerprint density at radius 3 is 2.52 bits per heavy atom. The quantitative estimate of drug-likeness (QED) is 0.905. The van der Waals surface area contributed by atoms with Gasteiger partial charge in [-0.1, -0.05) is 0 Å². The van der Waals surface area contributed by atoms with E-state index < -0.39 is 5.60 Å². The molecule has 1 atom stereocenters. The molecule has 2 rings (SSSR count). The van der Waals surface area contributed by atoms with E-state index in [1.165, 1.54) is 0 Å². The van der Waals surface area contributed by atoms with Gasteiger partial charge in [-0.3, -0.25) is 0 Å². The van der Waals surface area contributed by atoms with E-state index >= 15 is 0 Å². The molecule has 1 amide bonds. The minimum Gasteiger partial charge on any atom is -0.444 e. The second-order valence-corrected chi connectivity index (χ2v) is 6.53. The Morgan fingerprint density at radius 2 is 1.95 bits per heavy atom. The third-order valence-electron chi connectivity index (χ3n) is 3.16. The van der Waals surface area contributed by atoms with Crippen LogP contribution in [0.3, 0.4) is 0 Å². The van der Waals surface area contributed by atoms with Crippen LogP contribution in [0.1, 0.15) is 38.6 Å². The number of carbonyl (C=O) groups is 1. The maximum absolute atomic E-state index is 11.8. The van der Waals surface area contributed by atoms with Gasteiger partial charge in [-0.25, -0.2) is 14.8 Å². The Kier molecular flexibility index (Phi) is 4.34. The van der Waals surface area contributed by atoms with Crippen molar-refractivity contribution in [1.29, 1.82) is 0 Å². The topological polar surface area (TPSA) is 67.4 Å². The van der Waals surface area contributed by atoms with Crippen LogP contribution in [0.25, 0.3) is 0 Å². The molecule has 1 aliphatic heterocycles. The van der Waals surface area contributed by atoms with Gasteiger partial charge in [0.25, 0.3) is 0 Å². The van der Waals surface area contributed by atoms with Crippen LogP contribution < -0.4 is 10.2 Å². The molecule has 1 aliphatic rings. The Labute approximate surface area is 125 Å². The average molecular weight is 292 g/mol. The number of ether oxygens (including phenoxy) is 1. The molecule has 1 N–H and O–H groups in total. The summed E-state index contributed by atoms with van der Waals surface area (Å²) in [5, 5.41) is 2.91. The zero-order valence-corrected chi connectivity index (χ0v) is 13.4. The number of aromatic nitrogens is 2.